The molecule has 8 heteroatoms. The third kappa shape index (κ3) is 4.64. The van der Waals surface area contributed by atoms with Gasteiger partial charge in [-0.15, -0.1) is 0 Å². The largest absolute Gasteiger partial charge is 0.376 e. The van der Waals surface area contributed by atoms with E-state index < -0.39 is 4.92 Å². The molecule has 0 radical (unpaired) electrons. The molecule has 0 bridgehead atoms. The predicted octanol–water partition coefficient (Wildman–Crippen LogP) is 2.07. The second-order valence-electron chi connectivity index (χ2n) is 5.85. The van der Waals surface area contributed by atoms with Gasteiger partial charge in [-0.2, -0.15) is 0 Å². The van der Waals surface area contributed by atoms with Gasteiger partial charge >= 0.3 is 0 Å². The van der Waals surface area contributed by atoms with Crippen molar-refractivity contribution in [1.82, 2.24) is 9.88 Å². The van der Waals surface area contributed by atoms with E-state index >= 15 is 0 Å². The number of carbonyl (C=O) groups excluding carboxylic acids is 1. The minimum atomic E-state index is -0.483. The highest BCUT2D eigenvalue weighted by Gasteiger charge is 2.32. The monoisotopic (exact) mass is 336 g/mol. The molecule has 1 amide bonds. The first kappa shape index (κ1) is 18.1. The molecule has 1 aromatic rings. The number of nitrogens with zero attached hydrogens (tertiary/aromatic N) is 3. The van der Waals surface area contributed by atoms with Crippen LogP contribution < -0.4 is 5.32 Å². The Balaban J connectivity index is 1.81. The topological polar surface area (TPSA) is 97.6 Å². The number of nitro groups is 1. The Morgan fingerprint density at radius 3 is 2.88 bits per heavy atom. The molecule has 1 fully saturated rings. The number of rotatable bonds is 8. The number of anilines is 1. The van der Waals surface area contributed by atoms with E-state index in [1.165, 1.54) is 12.3 Å². The summed E-state index contributed by atoms with van der Waals surface area (Å²) in [6.45, 7) is 6.52. The smallest absolute Gasteiger partial charge is 0.287 e. The number of amides is 1. The standard InChI is InChI=1S/C16H24N4O4/c1-3-7-19(4-2)16(21)12-8-14(24-11-12)10-18-15-6-5-13(9-17-15)20(22)23/h5-6,9,12,14H,3-4,7-8,10-11H2,1-2H3,(H,17,18)/t12-,14-/m0/s1. The first-order valence-corrected chi connectivity index (χ1v) is 8.29. The number of hydrogen-bond donors (Lipinski definition) is 1. The Hall–Kier alpha value is -2.22. The Morgan fingerprint density at radius 1 is 1.50 bits per heavy atom. The third-order valence-electron chi connectivity index (χ3n) is 4.09. The van der Waals surface area contributed by atoms with Gasteiger partial charge in [0, 0.05) is 25.7 Å². The number of ether oxygens (including phenoxy) is 1. The van der Waals surface area contributed by atoms with Crippen LogP contribution in [-0.2, 0) is 9.53 Å². The van der Waals surface area contributed by atoms with E-state index in [1.54, 1.807) is 6.07 Å². The zero-order valence-electron chi connectivity index (χ0n) is 14.1. The van der Waals surface area contributed by atoms with E-state index in [1.807, 2.05) is 11.8 Å². The summed E-state index contributed by atoms with van der Waals surface area (Å²) in [6, 6.07) is 2.97. The first-order valence-electron chi connectivity index (χ1n) is 8.29. The average Bonchev–Trinajstić information content (AvgIpc) is 3.06. The fraction of sp³-hybridized carbons (Fsp3) is 0.625. The van der Waals surface area contributed by atoms with Crippen molar-refractivity contribution < 1.29 is 14.5 Å². The molecule has 1 aliphatic rings. The van der Waals surface area contributed by atoms with Crippen molar-refractivity contribution in [2.24, 2.45) is 5.92 Å². The zero-order valence-corrected chi connectivity index (χ0v) is 14.1. The lowest BCUT2D eigenvalue weighted by Crippen LogP contribution is -2.37. The lowest BCUT2D eigenvalue weighted by molar-refractivity contribution is -0.385. The maximum atomic E-state index is 12.4. The zero-order chi connectivity index (χ0) is 17.5. The summed E-state index contributed by atoms with van der Waals surface area (Å²) in [7, 11) is 0. The number of nitrogens with one attached hydrogen (secondary N) is 1. The number of carbonyl (C=O) groups is 1. The Kier molecular flexibility index (Phi) is 6.48. The molecular weight excluding hydrogens is 312 g/mol. The molecule has 1 saturated heterocycles. The molecule has 1 aliphatic heterocycles. The Labute approximate surface area is 141 Å². The van der Waals surface area contributed by atoms with Crippen molar-refractivity contribution in [1.29, 1.82) is 0 Å². The molecule has 2 rings (SSSR count). The van der Waals surface area contributed by atoms with Crippen LogP contribution in [0.15, 0.2) is 18.3 Å². The van der Waals surface area contributed by atoms with E-state index in [9.17, 15) is 14.9 Å². The number of hydrogen-bond acceptors (Lipinski definition) is 6. The van der Waals surface area contributed by atoms with Crippen LogP contribution in [0.3, 0.4) is 0 Å². The van der Waals surface area contributed by atoms with Crippen molar-refractivity contribution in [2.45, 2.75) is 32.8 Å². The molecule has 8 nitrogen and oxygen atoms in total. The van der Waals surface area contributed by atoms with Gasteiger partial charge in [0.1, 0.15) is 12.0 Å². The molecule has 0 aliphatic carbocycles. The van der Waals surface area contributed by atoms with Crippen LogP contribution in [-0.4, -0.2) is 53.1 Å². The fourth-order valence-corrected chi connectivity index (χ4v) is 2.79. The van der Waals surface area contributed by atoms with Gasteiger partial charge in [0.15, 0.2) is 0 Å². The predicted molar refractivity (Wildman–Crippen MR) is 89.8 cm³/mol. The summed E-state index contributed by atoms with van der Waals surface area (Å²) in [5.41, 5.74) is -0.0427. The van der Waals surface area contributed by atoms with Crippen LogP contribution in [0.5, 0.6) is 0 Å². The van der Waals surface area contributed by atoms with Crippen molar-refractivity contribution in [2.75, 3.05) is 31.6 Å². The lowest BCUT2D eigenvalue weighted by Gasteiger charge is -2.23. The molecule has 0 saturated carbocycles. The SMILES string of the molecule is CCCN(CC)C(=O)[C@@H]1CO[C@H](CNc2ccc([N+](=O)[O-])cn2)C1. The highest BCUT2D eigenvalue weighted by Crippen LogP contribution is 2.22. The second-order valence-corrected chi connectivity index (χ2v) is 5.85. The van der Waals surface area contributed by atoms with Gasteiger partial charge in [-0.05, 0) is 25.8 Å². The van der Waals surface area contributed by atoms with Crippen LogP contribution in [0.1, 0.15) is 26.7 Å². The highest BCUT2D eigenvalue weighted by atomic mass is 16.6. The van der Waals surface area contributed by atoms with Gasteiger partial charge in [0.25, 0.3) is 5.69 Å². The Bertz CT molecular complexity index is 564. The third-order valence-corrected chi connectivity index (χ3v) is 4.09. The van der Waals surface area contributed by atoms with Crippen LogP contribution in [0, 0.1) is 16.0 Å². The molecule has 1 aromatic heterocycles. The summed E-state index contributed by atoms with van der Waals surface area (Å²) in [6.07, 6.45) is 2.79. The molecule has 1 N–H and O–H groups in total. The maximum Gasteiger partial charge on any atom is 0.287 e. The van der Waals surface area contributed by atoms with Crippen LogP contribution >= 0.6 is 0 Å². The Morgan fingerprint density at radius 2 is 2.29 bits per heavy atom. The summed E-state index contributed by atoms with van der Waals surface area (Å²) >= 11 is 0. The van der Waals surface area contributed by atoms with Crippen LogP contribution in [0.25, 0.3) is 0 Å². The normalized spacial score (nSPS) is 19.9. The second kappa shape index (κ2) is 8.58. The summed E-state index contributed by atoms with van der Waals surface area (Å²) in [4.78, 5) is 28.4. The van der Waals surface area contributed by atoms with Gasteiger partial charge in [-0.3, -0.25) is 14.9 Å². The number of pyridine rings is 1. The molecule has 0 aromatic carbocycles. The van der Waals surface area contributed by atoms with E-state index in [2.05, 4.69) is 17.2 Å². The average molecular weight is 336 g/mol. The quantitative estimate of drug-likeness (QED) is 0.576. The van der Waals surface area contributed by atoms with Gasteiger partial charge < -0.3 is 15.0 Å². The minimum Gasteiger partial charge on any atom is -0.376 e. The highest BCUT2D eigenvalue weighted by molar-refractivity contribution is 5.79. The van der Waals surface area contributed by atoms with E-state index in [0.29, 0.717) is 25.4 Å². The molecule has 24 heavy (non-hydrogen) atoms. The summed E-state index contributed by atoms with van der Waals surface area (Å²) < 4.78 is 5.70. The molecule has 132 valence electrons. The molecule has 0 unspecified atom stereocenters. The summed E-state index contributed by atoms with van der Waals surface area (Å²) in [5.74, 6) is 0.628. The molecular formula is C16H24N4O4. The fourth-order valence-electron chi connectivity index (χ4n) is 2.79. The van der Waals surface area contributed by atoms with E-state index in [0.717, 1.165) is 19.5 Å². The van der Waals surface area contributed by atoms with Crippen molar-refractivity contribution in [3.05, 3.63) is 28.4 Å². The van der Waals surface area contributed by atoms with Gasteiger partial charge in [0.05, 0.1) is 23.6 Å². The van der Waals surface area contributed by atoms with Crippen molar-refractivity contribution >= 4 is 17.4 Å². The van der Waals surface area contributed by atoms with Crippen LogP contribution in [0.2, 0.25) is 0 Å². The molecule has 2 atom stereocenters. The first-order chi connectivity index (χ1) is 11.5. The molecule has 0 spiro atoms. The lowest BCUT2D eigenvalue weighted by atomic mass is 10.0. The van der Waals surface area contributed by atoms with Gasteiger partial charge in [-0.25, -0.2) is 4.98 Å². The van der Waals surface area contributed by atoms with Gasteiger partial charge in [-0.1, -0.05) is 6.92 Å². The van der Waals surface area contributed by atoms with E-state index in [4.69, 9.17) is 4.74 Å². The molecule has 2 heterocycles. The van der Waals surface area contributed by atoms with Gasteiger partial charge in [0.2, 0.25) is 5.91 Å². The minimum absolute atomic E-state index is 0.0427. The van der Waals surface area contributed by atoms with E-state index in [-0.39, 0.29) is 23.6 Å². The summed E-state index contributed by atoms with van der Waals surface area (Å²) in [5, 5.41) is 13.7. The number of aromatic nitrogens is 1. The van der Waals surface area contributed by atoms with Crippen molar-refractivity contribution in [3.63, 3.8) is 0 Å². The van der Waals surface area contributed by atoms with Crippen LogP contribution in [0.4, 0.5) is 11.5 Å². The maximum absolute atomic E-state index is 12.4. The van der Waals surface area contributed by atoms with Crippen molar-refractivity contribution in [3.8, 4) is 0 Å².